The molecular formula is C18H16F3N3O4S. The molecule has 4 rings (SSSR count). The Labute approximate surface area is 164 Å². The smallest absolute Gasteiger partial charge is 0.255 e. The molecule has 1 aliphatic carbocycles. The molecule has 1 amide bonds. The highest BCUT2D eigenvalue weighted by molar-refractivity contribution is 7.89. The number of sulfonamides is 1. The number of halogens is 3. The summed E-state index contributed by atoms with van der Waals surface area (Å²) < 4.78 is 66.8. The third-order valence-corrected chi connectivity index (χ3v) is 6.93. The molecule has 11 heteroatoms. The van der Waals surface area contributed by atoms with Gasteiger partial charge in [0.05, 0.1) is 18.5 Å². The maximum absolute atomic E-state index is 13.3. The molecule has 2 aromatic rings. The van der Waals surface area contributed by atoms with Gasteiger partial charge in [-0.1, -0.05) is 0 Å². The molecular weight excluding hydrogens is 411 g/mol. The lowest BCUT2D eigenvalue weighted by Crippen LogP contribution is -2.53. The fourth-order valence-corrected chi connectivity index (χ4v) is 5.09. The van der Waals surface area contributed by atoms with Crippen LogP contribution in [0.1, 0.15) is 23.2 Å². The second-order valence-corrected chi connectivity index (χ2v) is 8.78. The van der Waals surface area contributed by atoms with Crippen molar-refractivity contribution in [3.8, 4) is 0 Å². The Hall–Kier alpha value is -2.63. The lowest BCUT2D eigenvalue weighted by atomic mass is 9.90. The molecule has 0 unspecified atom stereocenters. The van der Waals surface area contributed by atoms with Crippen molar-refractivity contribution >= 4 is 27.3 Å². The minimum absolute atomic E-state index is 0.0480. The number of rotatable bonds is 3. The number of nitrogens with zero attached hydrogens (tertiary/aromatic N) is 1. The number of hydrogen-bond acceptors (Lipinski definition) is 5. The van der Waals surface area contributed by atoms with Gasteiger partial charge in [-0.25, -0.2) is 21.6 Å². The first kappa shape index (κ1) is 19.7. The zero-order chi connectivity index (χ0) is 20.9. The van der Waals surface area contributed by atoms with Crippen molar-refractivity contribution in [2.45, 2.75) is 29.9 Å². The molecule has 0 atom stereocenters. The standard InChI is InChI=1S/C18H16F3N3O4S/c19-13-4-10(5-14(20)17(13)21)23-18(26)9-1-2-15-16(3-9)29(27,28)24(8-22-15)11-6-12(25)7-11/h1-5,11-12,22,25H,6-8H2,(H,23,26)/t11-,12-. The average Bonchev–Trinajstić information content (AvgIpc) is 2.64. The maximum atomic E-state index is 13.3. The van der Waals surface area contributed by atoms with Gasteiger partial charge in [-0.05, 0) is 31.0 Å². The molecule has 29 heavy (non-hydrogen) atoms. The van der Waals surface area contributed by atoms with Crippen LogP contribution in [0.3, 0.4) is 0 Å². The van der Waals surface area contributed by atoms with Crippen LogP contribution in [0.25, 0.3) is 0 Å². The molecule has 1 heterocycles. The summed E-state index contributed by atoms with van der Waals surface area (Å²) in [7, 11) is -3.90. The average molecular weight is 427 g/mol. The molecule has 2 aromatic carbocycles. The zero-order valence-electron chi connectivity index (χ0n) is 14.8. The van der Waals surface area contributed by atoms with Gasteiger partial charge >= 0.3 is 0 Å². The van der Waals surface area contributed by atoms with E-state index in [1.807, 2.05) is 0 Å². The highest BCUT2D eigenvalue weighted by atomic mass is 32.2. The number of amides is 1. The second-order valence-electron chi connectivity index (χ2n) is 6.93. The van der Waals surface area contributed by atoms with Crippen molar-refractivity contribution in [1.29, 1.82) is 0 Å². The van der Waals surface area contributed by atoms with Crippen LogP contribution >= 0.6 is 0 Å². The minimum atomic E-state index is -3.90. The molecule has 1 fully saturated rings. The number of anilines is 2. The van der Waals surface area contributed by atoms with E-state index in [1.165, 1.54) is 16.4 Å². The van der Waals surface area contributed by atoms with Gasteiger partial charge in [0.25, 0.3) is 5.91 Å². The van der Waals surface area contributed by atoms with Crippen LogP contribution in [-0.2, 0) is 10.0 Å². The molecule has 0 aromatic heterocycles. The summed E-state index contributed by atoms with van der Waals surface area (Å²) in [5.74, 6) is -5.40. The lowest BCUT2D eigenvalue weighted by Gasteiger charge is -2.42. The van der Waals surface area contributed by atoms with Gasteiger partial charge < -0.3 is 15.7 Å². The SMILES string of the molecule is O=C(Nc1cc(F)c(F)c(F)c1)c1ccc2c(c1)S(=O)(=O)N([C@H]1C[C@H](O)C1)CN2. The number of nitrogens with one attached hydrogen (secondary N) is 2. The Morgan fingerprint density at radius 3 is 2.41 bits per heavy atom. The van der Waals surface area contributed by atoms with E-state index in [2.05, 4.69) is 10.6 Å². The summed E-state index contributed by atoms with van der Waals surface area (Å²) in [5, 5.41) is 14.6. The van der Waals surface area contributed by atoms with Crippen LogP contribution in [0.4, 0.5) is 24.5 Å². The maximum Gasteiger partial charge on any atom is 0.255 e. The molecule has 0 radical (unpaired) electrons. The van der Waals surface area contributed by atoms with Gasteiger partial charge in [0, 0.05) is 29.4 Å². The number of fused-ring (bicyclic) bond motifs is 1. The molecule has 2 aliphatic rings. The number of aliphatic hydroxyl groups excluding tert-OH is 1. The third kappa shape index (κ3) is 3.45. The topological polar surface area (TPSA) is 98.7 Å². The van der Waals surface area contributed by atoms with Crippen molar-refractivity contribution in [3.63, 3.8) is 0 Å². The molecule has 1 aliphatic heterocycles. The first-order chi connectivity index (χ1) is 13.7. The van der Waals surface area contributed by atoms with E-state index in [0.29, 0.717) is 30.7 Å². The van der Waals surface area contributed by atoms with Gasteiger partial charge in [0.1, 0.15) is 4.90 Å². The van der Waals surface area contributed by atoms with Gasteiger partial charge in [0.15, 0.2) is 17.5 Å². The Kier molecular flexibility index (Phi) is 4.75. The first-order valence-corrected chi connectivity index (χ1v) is 10.1. The van der Waals surface area contributed by atoms with Crippen molar-refractivity contribution in [2.24, 2.45) is 0 Å². The van der Waals surface area contributed by atoms with Gasteiger partial charge in [-0.15, -0.1) is 0 Å². The number of aliphatic hydroxyl groups is 1. The Morgan fingerprint density at radius 2 is 1.79 bits per heavy atom. The van der Waals surface area contributed by atoms with E-state index in [0.717, 1.165) is 6.07 Å². The highest BCUT2D eigenvalue weighted by Crippen LogP contribution is 2.36. The van der Waals surface area contributed by atoms with Gasteiger partial charge in [-0.3, -0.25) is 4.79 Å². The third-order valence-electron chi connectivity index (χ3n) is 4.99. The van der Waals surface area contributed by atoms with Crippen molar-refractivity contribution < 1.29 is 31.5 Å². The second kappa shape index (κ2) is 7.01. The van der Waals surface area contributed by atoms with Gasteiger partial charge in [0.2, 0.25) is 10.0 Å². The fourth-order valence-electron chi connectivity index (χ4n) is 3.35. The number of benzene rings is 2. The zero-order valence-corrected chi connectivity index (χ0v) is 15.6. The van der Waals surface area contributed by atoms with E-state index in [1.54, 1.807) is 0 Å². The molecule has 0 saturated heterocycles. The minimum Gasteiger partial charge on any atom is -0.393 e. The van der Waals surface area contributed by atoms with Crippen LogP contribution in [-0.4, -0.2) is 42.6 Å². The lowest BCUT2D eigenvalue weighted by molar-refractivity contribution is 0.0344. The van der Waals surface area contributed by atoms with E-state index < -0.39 is 39.5 Å². The predicted octanol–water partition coefficient (Wildman–Crippen LogP) is 2.25. The summed E-state index contributed by atoms with van der Waals surface area (Å²) in [6, 6.07) is 4.84. The normalized spacial score (nSPS) is 22.9. The van der Waals surface area contributed by atoms with E-state index in [4.69, 9.17) is 0 Å². The molecule has 0 spiro atoms. The molecule has 3 N–H and O–H groups in total. The predicted molar refractivity (Wildman–Crippen MR) is 97.3 cm³/mol. The summed E-state index contributed by atoms with van der Waals surface area (Å²) in [5.41, 5.74) is -0.0542. The number of carbonyl (C=O) groups is 1. The van der Waals surface area contributed by atoms with Crippen LogP contribution < -0.4 is 10.6 Å². The fraction of sp³-hybridized carbons (Fsp3) is 0.278. The summed E-state index contributed by atoms with van der Waals surface area (Å²) in [4.78, 5) is 12.3. The van der Waals surface area contributed by atoms with Crippen molar-refractivity contribution in [2.75, 3.05) is 17.3 Å². The molecule has 0 bridgehead atoms. The van der Waals surface area contributed by atoms with E-state index >= 15 is 0 Å². The molecule has 154 valence electrons. The van der Waals surface area contributed by atoms with E-state index in [9.17, 15) is 31.5 Å². The summed E-state index contributed by atoms with van der Waals surface area (Å²) in [6.07, 6.45) is 0.126. The summed E-state index contributed by atoms with van der Waals surface area (Å²) in [6.45, 7) is 0.0480. The summed E-state index contributed by atoms with van der Waals surface area (Å²) >= 11 is 0. The van der Waals surface area contributed by atoms with Crippen LogP contribution in [0, 0.1) is 17.5 Å². The Balaban J connectivity index is 1.61. The quantitative estimate of drug-likeness (QED) is 0.653. The van der Waals surface area contributed by atoms with Crippen molar-refractivity contribution in [1.82, 2.24) is 4.31 Å². The van der Waals surface area contributed by atoms with Crippen LogP contribution in [0.5, 0.6) is 0 Å². The largest absolute Gasteiger partial charge is 0.393 e. The molecule has 7 nitrogen and oxygen atoms in total. The van der Waals surface area contributed by atoms with Crippen LogP contribution in [0.2, 0.25) is 0 Å². The van der Waals surface area contributed by atoms with Gasteiger partial charge in [-0.2, -0.15) is 4.31 Å². The Bertz CT molecular complexity index is 1080. The molecule has 1 saturated carbocycles. The van der Waals surface area contributed by atoms with Crippen molar-refractivity contribution in [3.05, 3.63) is 53.3 Å². The Morgan fingerprint density at radius 1 is 1.14 bits per heavy atom. The first-order valence-electron chi connectivity index (χ1n) is 8.70. The van der Waals surface area contributed by atoms with Crippen LogP contribution in [0.15, 0.2) is 35.2 Å². The van der Waals surface area contributed by atoms with E-state index in [-0.39, 0.29) is 28.9 Å². The highest BCUT2D eigenvalue weighted by Gasteiger charge is 2.42. The monoisotopic (exact) mass is 427 g/mol. The number of carbonyl (C=O) groups excluding carboxylic acids is 1. The number of hydrogen-bond donors (Lipinski definition) is 3.